The Morgan fingerprint density at radius 1 is 1.16 bits per heavy atom. The molecule has 19 heavy (non-hydrogen) atoms. The monoisotopic (exact) mass is 286 g/mol. The van der Waals surface area contributed by atoms with Crippen molar-refractivity contribution in [3.05, 3.63) is 0 Å². The Balaban J connectivity index is 0.00000133. The Bertz CT molecular complexity index is 324. The molecule has 0 aromatic heterocycles. The highest BCUT2D eigenvalue weighted by atomic mass is 35.5. The second-order valence-electron chi connectivity index (χ2n) is 6.92. The quantitative estimate of drug-likeness (QED) is 0.846. The van der Waals surface area contributed by atoms with E-state index in [1.807, 2.05) is 0 Å². The van der Waals surface area contributed by atoms with Crippen molar-refractivity contribution in [2.75, 3.05) is 6.54 Å². The van der Waals surface area contributed by atoms with Crippen molar-refractivity contribution in [3.8, 4) is 0 Å². The molecule has 110 valence electrons. The molecule has 3 nitrogen and oxygen atoms in total. The summed E-state index contributed by atoms with van der Waals surface area (Å²) >= 11 is 0. The van der Waals surface area contributed by atoms with E-state index in [0.29, 0.717) is 35.9 Å². The molecule has 3 aliphatic heterocycles. The maximum Gasteiger partial charge on any atom is 0.223 e. The molecule has 4 heteroatoms. The first-order chi connectivity index (χ1) is 8.61. The van der Waals surface area contributed by atoms with Crippen LogP contribution in [0.4, 0.5) is 0 Å². The third kappa shape index (κ3) is 3.25. The lowest BCUT2D eigenvalue weighted by Crippen LogP contribution is -2.41. The lowest BCUT2D eigenvalue weighted by molar-refractivity contribution is -0.133. The summed E-state index contributed by atoms with van der Waals surface area (Å²) in [6.45, 7) is 5.44. The Labute approximate surface area is 122 Å². The van der Waals surface area contributed by atoms with Gasteiger partial charge in [0.1, 0.15) is 0 Å². The number of likely N-dealkylation sites (tertiary alicyclic amines) is 1. The molecule has 3 fully saturated rings. The van der Waals surface area contributed by atoms with Crippen molar-refractivity contribution < 1.29 is 4.79 Å². The average molecular weight is 287 g/mol. The van der Waals surface area contributed by atoms with Gasteiger partial charge >= 0.3 is 0 Å². The lowest BCUT2D eigenvalue weighted by atomic mass is 9.89. The van der Waals surface area contributed by atoms with Gasteiger partial charge in [-0.3, -0.25) is 4.79 Å². The van der Waals surface area contributed by atoms with Crippen molar-refractivity contribution in [3.63, 3.8) is 0 Å². The summed E-state index contributed by atoms with van der Waals surface area (Å²) in [5, 5.41) is 3.65. The number of amides is 1. The zero-order chi connectivity index (χ0) is 12.7. The third-order valence-corrected chi connectivity index (χ3v) is 5.14. The van der Waals surface area contributed by atoms with E-state index in [1.54, 1.807) is 0 Å². The Kier molecular flexibility index (Phi) is 4.78. The first-order valence-corrected chi connectivity index (χ1v) is 7.67. The summed E-state index contributed by atoms with van der Waals surface area (Å²) in [6.07, 6.45) is 7.08. The van der Waals surface area contributed by atoms with E-state index in [1.165, 1.54) is 32.1 Å². The fourth-order valence-corrected chi connectivity index (χ4v) is 4.35. The van der Waals surface area contributed by atoms with E-state index in [4.69, 9.17) is 0 Å². The van der Waals surface area contributed by atoms with Gasteiger partial charge in [-0.05, 0) is 50.9 Å². The highest BCUT2D eigenvalue weighted by Gasteiger charge is 2.36. The number of fused-ring (bicyclic) bond motifs is 2. The minimum atomic E-state index is 0. The first kappa shape index (κ1) is 15.1. The molecule has 1 amide bonds. The molecule has 0 radical (unpaired) electrons. The van der Waals surface area contributed by atoms with Gasteiger partial charge in [0.15, 0.2) is 0 Å². The molecule has 4 atom stereocenters. The van der Waals surface area contributed by atoms with Gasteiger partial charge in [-0.15, -0.1) is 12.4 Å². The average Bonchev–Trinajstić information content (AvgIpc) is 2.81. The molecule has 4 unspecified atom stereocenters. The van der Waals surface area contributed by atoms with E-state index in [2.05, 4.69) is 24.1 Å². The zero-order valence-electron chi connectivity index (χ0n) is 12.1. The van der Waals surface area contributed by atoms with Crippen LogP contribution >= 0.6 is 12.4 Å². The summed E-state index contributed by atoms with van der Waals surface area (Å²) in [6, 6.07) is 1.87. The number of carbonyl (C=O) groups is 1. The highest BCUT2D eigenvalue weighted by Crippen LogP contribution is 2.34. The summed E-state index contributed by atoms with van der Waals surface area (Å²) in [5.41, 5.74) is 0. The summed E-state index contributed by atoms with van der Waals surface area (Å²) in [5.74, 6) is 1.74. The number of rotatable bonds is 2. The van der Waals surface area contributed by atoms with Gasteiger partial charge in [0.05, 0.1) is 0 Å². The number of hydrogen-bond acceptors (Lipinski definition) is 2. The number of nitrogens with zero attached hydrogens (tertiary/aromatic N) is 1. The second-order valence-corrected chi connectivity index (χ2v) is 6.92. The topological polar surface area (TPSA) is 32.3 Å². The summed E-state index contributed by atoms with van der Waals surface area (Å²) in [4.78, 5) is 14.5. The molecule has 3 heterocycles. The first-order valence-electron chi connectivity index (χ1n) is 7.67. The fourth-order valence-electron chi connectivity index (χ4n) is 4.35. The highest BCUT2D eigenvalue weighted by molar-refractivity contribution is 5.85. The van der Waals surface area contributed by atoms with Crippen LogP contribution in [0.15, 0.2) is 0 Å². The summed E-state index contributed by atoms with van der Waals surface area (Å²) < 4.78 is 0. The van der Waals surface area contributed by atoms with Gasteiger partial charge in [-0.2, -0.15) is 0 Å². The van der Waals surface area contributed by atoms with Gasteiger partial charge in [-0.25, -0.2) is 0 Å². The molecule has 1 N–H and O–H groups in total. The predicted molar refractivity (Wildman–Crippen MR) is 79.5 cm³/mol. The molecule has 0 aliphatic carbocycles. The zero-order valence-corrected chi connectivity index (χ0v) is 12.9. The molecule has 0 spiro atoms. The molecule has 2 bridgehead atoms. The molecule has 0 saturated carbocycles. The fraction of sp³-hybridized carbons (Fsp3) is 0.933. The SMILES string of the molecule is CC1CC(C)N(C(=O)CC2CC3CCC(C2)N3)C1.Cl. The Hall–Kier alpha value is -0.280. The standard InChI is InChI=1S/C15H26N2O.ClH/c1-10-5-11(2)17(9-10)15(18)8-12-6-13-3-4-14(7-12)16-13;/h10-14,16H,3-9H2,1-2H3;1H. The minimum Gasteiger partial charge on any atom is -0.340 e. The van der Waals surface area contributed by atoms with Crippen LogP contribution in [0.3, 0.4) is 0 Å². The number of halogens is 1. The third-order valence-electron chi connectivity index (χ3n) is 5.14. The molecule has 0 aromatic rings. The largest absolute Gasteiger partial charge is 0.340 e. The molecule has 3 rings (SSSR count). The van der Waals surface area contributed by atoms with E-state index in [9.17, 15) is 4.79 Å². The van der Waals surface area contributed by atoms with Crippen molar-refractivity contribution in [2.24, 2.45) is 11.8 Å². The number of nitrogens with one attached hydrogen (secondary N) is 1. The van der Waals surface area contributed by atoms with Crippen LogP contribution in [0, 0.1) is 11.8 Å². The van der Waals surface area contributed by atoms with Crippen LogP contribution in [-0.4, -0.2) is 35.5 Å². The van der Waals surface area contributed by atoms with Crippen LogP contribution < -0.4 is 5.32 Å². The second kappa shape index (κ2) is 6.01. The molecular formula is C15H27ClN2O. The lowest BCUT2D eigenvalue weighted by Gasteiger charge is -2.30. The van der Waals surface area contributed by atoms with Crippen molar-refractivity contribution in [2.45, 2.75) is 70.5 Å². The smallest absolute Gasteiger partial charge is 0.223 e. The van der Waals surface area contributed by atoms with Gasteiger partial charge < -0.3 is 10.2 Å². The molecule has 3 aliphatic rings. The van der Waals surface area contributed by atoms with Crippen molar-refractivity contribution in [1.82, 2.24) is 10.2 Å². The summed E-state index contributed by atoms with van der Waals surface area (Å²) in [7, 11) is 0. The number of carbonyl (C=O) groups excluding carboxylic acids is 1. The van der Waals surface area contributed by atoms with Gasteiger partial charge in [-0.1, -0.05) is 6.92 Å². The molecule has 3 saturated heterocycles. The van der Waals surface area contributed by atoms with Gasteiger partial charge in [0.25, 0.3) is 0 Å². The van der Waals surface area contributed by atoms with Crippen LogP contribution in [0.25, 0.3) is 0 Å². The van der Waals surface area contributed by atoms with Crippen LogP contribution in [0.5, 0.6) is 0 Å². The molecule has 0 aromatic carbocycles. The Morgan fingerprint density at radius 3 is 2.32 bits per heavy atom. The Morgan fingerprint density at radius 2 is 1.79 bits per heavy atom. The van der Waals surface area contributed by atoms with Crippen LogP contribution in [0.1, 0.15) is 52.4 Å². The number of hydrogen-bond donors (Lipinski definition) is 1. The van der Waals surface area contributed by atoms with Gasteiger partial charge in [0, 0.05) is 31.1 Å². The van der Waals surface area contributed by atoms with E-state index in [0.717, 1.165) is 13.0 Å². The van der Waals surface area contributed by atoms with Gasteiger partial charge in [0.2, 0.25) is 5.91 Å². The maximum absolute atomic E-state index is 12.4. The van der Waals surface area contributed by atoms with E-state index in [-0.39, 0.29) is 12.4 Å². The van der Waals surface area contributed by atoms with E-state index < -0.39 is 0 Å². The minimum absolute atomic E-state index is 0. The van der Waals surface area contributed by atoms with Crippen molar-refractivity contribution >= 4 is 18.3 Å². The normalized spacial score (nSPS) is 41.2. The maximum atomic E-state index is 12.4. The number of piperidine rings is 1. The van der Waals surface area contributed by atoms with Crippen LogP contribution in [-0.2, 0) is 4.79 Å². The van der Waals surface area contributed by atoms with E-state index >= 15 is 0 Å². The van der Waals surface area contributed by atoms with Crippen LogP contribution in [0.2, 0.25) is 0 Å². The van der Waals surface area contributed by atoms with Crippen molar-refractivity contribution in [1.29, 1.82) is 0 Å². The molecular weight excluding hydrogens is 260 g/mol. The predicted octanol–water partition coefficient (Wildman–Crippen LogP) is 2.59.